The van der Waals surface area contributed by atoms with Crippen LogP contribution in [-0.2, 0) is 0 Å². The van der Waals surface area contributed by atoms with Gasteiger partial charge < -0.3 is 5.73 Å². The highest BCUT2D eigenvalue weighted by molar-refractivity contribution is 5.06. The summed E-state index contributed by atoms with van der Waals surface area (Å²) in [5.74, 6) is 0. The molecule has 1 aliphatic rings. The van der Waals surface area contributed by atoms with Gasteiger partial charge in [0.15, 0.2) is 0 Å². The highest BCUT2D eigenvalue weighted by Gasteiger charge is 2.07. The van der Waals surface area contributed by atoms with Gasteiger partial charge in [-0.25, -0.2) is 0 Å². The molecule has 1 heteroatoms. The molecule has 2 N–H and O–H groups in total. The van der Waals surface area contributed by atoms with Crippen molar-refractivity contribution in [2.45, 2.75) is 38.6 Å². The molecule has 1 nitrogen and oxygen atoms in total. The summed E-state index contributed by atoms with van der Waals surface area (Å²) in [6.07, 6.45) is 7.04. The van der Waals surface area contributed by atoms with Gasteiger partial charge in [0.05, 0.1) is 0 Å². The largest absolute Gasteiger partial charge is 0.327 e. The van der Waals surface area contributed by atoms with Gasteiger partial charge in [-0.05, 0) is 25.7 Å². The van der Waals surface area contributed by atoms with Crippen LogP contribution in [0.4, 0.5) is 0 Å². The molecule has 0 saturated heterocycles. The summed E-state index contributed by atoms with van der Waals surface area (Å²) in [4.78, 5) is 0. The Morgan fingerprint density at radius 3 is 3.00 bits per heavy atom. The third-order valence-electron chi connectivity index (χ3n) is 2.00. The molecule has 9 heavy (non-hydrogen) atoms. The zero-order valence-electron chi connectivity index (χ0n) is 6.06. The summed E-state index contributed by atoms with van der Waals surface area (Å²) in [7, 11) is 0. The Morgan fingerprint density at radius 2 is 2.56 bits per heavy atom. The van der Waals surface area contributed by atoms with Crippen LogP contribution in [0.3, 0.4) is 0 Å². The molecule has 52 valence electrons. The Hall–Kier alpha value is -0.300. The number of nitrogens with two attached hydrogens (primary N) is 1. The van der Waals surface area contributed by atoms with E-state index < -0.39 is 0 Å². The molecule has 0 fully saturated rings. The van der Waals surface area contributed by atoms with E-state index in [0.29, 0.717) is 6.04 Å². The average molecular weight is 125 g/mol. The topological polar surface area (TPSA) is 26.0 Å². The standard InChI is InChI=1S/C8H15N/c1-2-7-3-5-8(9)6-4-7/h3,8H,2,4-6,9H2,1H3/t8-/m1/s1. The average Bonchev–Trinajstić information content (AvgIpc) is 1.90. The van der Waals surface area contributed by atoms with Crippen molar-refractivity contribution in [3.8, 4) is 0 Å². The highest BCUT2D eigenvalue weighted by atomic mass is 14.6. The van der Waals surface area contributed by atoms with Gasteiger partial charge in [0, 0.05) is 6.04 Å². The molecule has 1 rings (SSSR count). The summed E-state index contributed by atoms with van der Waals surface area (Å²) < 4.78 is 0. The minimum absolute atomic E-state index is 0.445. The normalized spacial score (nSPS) is 27.8. The lowest BCUT2D eigenvalue weighted by atomic mass is 9.95. The van der Waals surface area contributed by atoms with E-state index in [-0.39, 0.29) is 0 Å². The molecule has 0 aromatic rings. The summed E-state index contributed by atoms with van der Waals surface area (Å²) in [6.45, 7) is 2.21. The van der Waals surface area contributed by atoms with Crippen LogP contribution in [-0.4, -0.2) is 6.04 Å². The summed E-state index contributed by atoms with van der Waals surface area (Å²) in [6, 6.07) is 0.445. The van der Waals surface area contributed by atoms with Gasteiger partial charge in [-0.3, -0.25) is 0 Å². The SMILES string of the molecule is CCC1=CC[C@@H](N)CC1. The predicted octanol–water partition coefficient (Wildman–Crippen LogP) is 1.83. The van der Waals surface area contributed by atoms with Crippen LogP contribution in [0.25, 0.3) is 0 Å². The van der Waals surface area contributed by atoms with Crippen molar-refractivity contribution in [3.05, 3.63) is 11.6 Å². The van der Waals surface area contributed by atoms with Gasteiger partial charge in [0.2, 0.25) is 0 Å². The van der Waals surface area contributed by atoms with E-state index in [1.165, 1.54) is 19.3 Å². The van der Waals surface area contributed by atoms with Crippen molar-refractivity contribution in [2.75, 3.05) is 0 Å². The van der Waals surface area contributed by atoms with Gasteiger partial charge >= 0.3 is 0 Å². The van der Waals surface area contributed by atoms with Crippen molar-refractivity contribution < 1.29 is 0 Å². The molecule has 0 radical (unpaired) electrons. The van der Waals surface area contributed by atoms with Crippen molar-refractivity contribution in [3.63, 3.8) is 0 Å². The van der Waals surface area contributed by atoms with E-state index >= 15 is 0 Å². The lowest BCUT2D eigenvalue weighted by Crippen LogP contribution is -2.21. The molecule has 0 aliphatic heterocycles. The Bertz CT molecular complexity index is 116. The quantitative estimate of drug-likeness (QED) is 0.532. The summed E-state index contributed by atoms with van der Waals surface area (Å²) in [5.41, 5.74) is 7.30. The van der Waals surface area contributed by atoms with Gasteiger partial charge in [0.1, 0.15) is 0 Å². The van der Waals surface area contributed by atoms with Crippen molar-refractivity contribution in [1.29, 1.82) is 0 Å². The van der Waals surface area contributed by atoms with Crippen LogP contribution in [0.5, 0.6) is 0 Å². The molecule has 0 bridgehead atoms. The second kappa shape index (κ2) is 3.02. The lowest BCUT2D eigenvalue weighted by Gasteiger charge is -2.16. The fourth-order valence-electron chi connectivity index (χ4n) is 1.23. The molecule has 0 aromatic heterocycles. The molecule has 0 heterocycles. The maximum absolute atomic E-state index is 5.71. The van der Waals surface area contributed by atoms with Crippen LogP contribution >= 0.6 is 0 Å². The van der Waals surface area contributed by atoms with Gasteiger partial charge in [0.25, 0.3) is 0 Å². The van der Waals surface area contributed by atoms with Gasteiger partial charge in [-0.2, -0.15) is 0 Å². The zero-order valence-corrected chi connectivity index (χ0v) is 6.06. The summed E-state index contributed by atoms with van der Waals surface area (Å²) in [5, 5.41) is 0. The van der Waals surface area contributed by atoms with Crippen LogP contribution in [0, 0.1) is 0 Å². The van der Waals surface area contributed by atoms with Gasteiger partial charge in [-0.15, -0.1) is 0 Å². The zero-order chi connectivity index (χ0) is 6.69. The van der Waals surface area contributed by atoms with E-state index in [1.807, 2.05) is 0 Å². The molecule has 0 aromatic carbocycles. The molecular formula is C8H15N. The van der Waals surface area contributed by atoms with Crippen molar-refractivity contribution in [1.82, 2.24) is 0 Å². The predicted molar refractivity (Wildman–Crippen MR) is 40.2 cm³/mol. The number of rotatable bonds is 1. The smallest absolute Gasteiger partial charge is 0.00765 e. The molecule has 0 saturated carbocycles. The second-order valence-corrected chi connectivity index (χ2v) is 2.75. The van der Waals surface area contributed by atoms with E-state index in [0.717, 1.165) is 6.42 Å². The Kier molecular flexibility index (Phi) is 2.29. The van der Waals surface area contributed by atoms with Crippen LogP contribution < -0.4 is 5.73 Å². The molecule has 1 atom stereocenters. The number of hydrogen-bond donors (Lipinski definition) is 1. The third-order valence-corrected chi connectivity index (χ3v) is 2.00. The number of hydrogen-bond acceptors (Lipinski definition) is 1. The monoisotopic (exact) mass is 125 g/mol. The Morgan fingerprint density at radius 1 is 1.78 bits per heavy atom. The molecular weight excluding hydrogens is 110 g/mol. The van der Waals surface area contributed by atoms with E-state index in [4.69, 9.17) is 5.73 Å². The third kappa shape index (κ3) is 1.83. The molecule has 1 aliphatic carbocycles. The maximum Gasteiger partial charge on any atom is 0.00765 e. The Labute approximate surface area is 56.9 Å². The van der Waals surface area contributed by atoms with Crippen LogP contribution in [0.1, 0.15) is 32.6 Å². The fraction of sp³-hybridized carbons (Fsp3) is 0.750. The van der Waals surface area contributed by atoms with Crippen LogP contribution in [0.15, 0.2) is 11.6 Å². The first kappa shape index (κ1) is 6.81. The summed E-state index contributed by atoms with van der Waals surface area (Å²) >= 11 is 0. The second-order valence-electron chi connectivity index (χ2n) is 2.75. The first-order chi connectivity index (χ1) is 4.33. The lowest BCUT2D eigenvalue weighted by molar-refractivity contribution is 0.581. The van der Waals surface area contributed by atoms with Gasteiger partial charge in [-0.1, -0.05) is 18.6 Å². The first-order valence-electron chi connectivity index (χ1n) is 3.76. The fourth-order valence-corrected chi connectivity index (χ4v) is 1.23. The molecule has 0 spiro atoms. The van der Waals surface area contributed by atoms with E-state index in [9.17, 15) is 0 Å². The van der Waals surface area contributed by atoms with Crippen LogP contribution in [0.2, 0.25) is 0 Å². The Balaban J connectivity index is 2.40. The maximum atomic E-state index is 5.71. The molecule has 0 amide bonds. The van der Waals surface area contributed by atoms with E-state index in [1.54, 1.807) is 5.57 Å². The van der Waals surface area contributed by atoms with Crippen molar-refractivity contribution >= 4 is 0 Å². The minimum atomic E-state index is 0.445. The number of allylic oxidation sites excluding steroid dienone is 1. The highest BCUT2D eigenvalue weighted by Crippen LogP contribution is 2.18. The first-order valence-corrected chi connectivity index (χ1v) is 3.76. The minimum Gasteiger partial charge on any atom is -0.327 e. The van der Waals surface area contributed by atoms with Crippen molar-refractivity contribution in [2.24, 2.45) is 5.73 Å². The molecule has 0 unspecified atom stereocenters. The van der Waals surface area contributed by atoms with E-state index in [2.05, 4.69) is 13.0 Å².